The fraction of sp³-hybridized carbons (Fsp3) is 0.333. The first-order valence-corrected chi connectivity index (χ1v) is 7.91. The summed E-state index contributed by atoms with van der Waals surface area (Å²) in [6.45, 7) is 10.1. The smallest absolute Gasteiger partial charge is 0.106 e. The highest BCUT2D eigenvalue weighted by Gasteiger charge is 2.35. The lowest BCUT2D eigenvalue weighted by molar-refractivity contribution is 0.390. The normalized spacial score (nSPS) is 21.2. The van der Waals surface area contributed by atoms with Gasteiger partial charge in [-0.2, -0.15) is 0 Å². The highest BCUT2D eigenvalue weighted by molar-refractivity contribution is 5.71. The zero-order chi connectivity index (χ0) is 16.2. The van der Waals surface area contributed by atoms with Gasteiger partial charge in [-0.1, -0.05) is 73.7 Å². The molecule has 0 aromatic heterocycles. The number of benzene rings is 1. The lowest BCUT2D eigenvalue weighted by Crippen LogP contribution is -2.22. The molecular weight excluding hydrogens is 271 g/mol. The third-order valence-corrected chi connectivity index (χ3v) is 4.70. The Morgan fingerprint density at radius 2 is 2.05 bits per heavy atom. The van der Waals surface area contributed by atoms with Crippen LogP contribution in [-0.4, -0.2) is 0 Å². The van der Waals surface area contributed by atoms with Gasteiger partial charge in [0, 0.05) is 5.41 Å². The van der Waals surface area contributed by atoms with Crippen molar-refractivity contribution in [1.29, 1.82) is 0 Å². The first-order chi connectivity index (χ1) is 10.5. The van der Waals surface area contributed by atoms with Gasteiger partial charge in [0.2, 0.25) is 0 Å². The lowest BCUT2D eigenvalue weighted by Gasteiger charge is -2.34. The summed E-state index contributed by atoms with van der Waals surface area (Å²) in [5.41, 5.74) is 2.44. The van der Waals surface area contributed by atoms with Crippen LogP contribution in [0.25, 0.3) is 5.57 Å². The molecule has 2 rings (SSSR count). The molecule has 2 atom stereocenters. The molecule has 22 heavy (non-hydrogen) atoms. The van der Waals surface area contributed by atoms with Gasteiger partial charge in [-0.25, -0.2) is 4.39 Å². The Bertz CT molecular complexity index is 619. The molecule has 0 aliphatic heterocycles. The van der Waals surface area contributed by atoms with Crippen molar-refractivity contribution in [1.82, 2.24) is 0 Å². The van der Waals surface area contributed by atoms with E-state index in [0.717, 1.165) is 17.6 Å². The quantitative estimate of drug-likeness (QED) is 0.582. The van der Waals surface area contributed by atoms with Crippen molar-refractivity contribution in [2.75, 3.05) is 0 Å². The minimum atomic E-state index is -0.693. The van der Waals surface area contributed by atoms with Crippen LogP contribution in [0.2, 0.25) is 0 Å². The molecule has 0 spiro atoms. The summed E-state index contributed by atoms with van der Waals surface area (Å²) in [5.74, 6) is 0.349. The Balaban J connectivity index is 2.38. The van der Waals surface area contributed by atoms with Crippen molar-refractivity contribution in [3.8, 4) is 0 Å². The molecule has 1 aromatic rings. The molecule has 0 saturated carbocycles. The van der Waals surface area contributed by atoms with Crippen LogP contribution in [0.1, 0.15) is 39.2 Å². The van der Waals surface area contributed by atoms with E-state index in [4.69, 9.17) is 0 Å². The van der Waals surface area contributed by atoms with E-state index < -0.39 is 5.41 Å². The summed E-state index contributed by atoms with van der Waals surface area (Å²) < 4.78 is 14.8. The largest absolute Gasteiger partial charge is 0.211 e. The second-order valence-corrected chi connectivity index (χ2v) is 6.30. The molecule has 1 heteroatoms. The molecule has 1 aliphatic carbocycles. The van der Waals surface area contributed by atoms with Crippen molar-refractivity contribution in [3.63, 3.8) is 0 Å². The molecule has 0 nitrogen and oxygen atoms in total. The molecule has 0 radical (unpaired) electrons. The average molecular weight is 296 g/mol. The average Bonchev–Trinajstić information content (AvgIpc) is 2.56. The van der Waals surface area contributed by atoms with Gasteiger partial charge >= 0.3 is 0 Å². The third kappa shape index (κ3) is 3.30. The van der Waals surface area contributed by atoms with Crippen LogP contribution < -0.4 is 0 Å². The molecule has 2 unspecified atom stereocenters. The molecule has 0 heterocycles. The van der Waals surface area contributed by atoms with E-state index in [-0.39, 0.29) is 5.83 Å². The van der Waals surface area contributed by atoms with Crippen molar-refractivity contribution in [2.45, 2.75) is 33.6 Å². The van der Waals surface area contributed by atoms with Gasteiger partial charge in [0.1, 0.15) is 5.83 Å². The maximum absolute atomic E-state index is 14.8. The second-order valence-electron chi connectivity index (χ2n) is 6.30. The van der Waals surface area contributed by atoms with Gasteiger partial charge in [-0.3, -0.25) is 0 Å². The SMILES string of the molecule is C=C(c1ccccc1)C(C)(CC1=CC=CCC1C)C(F)=CC. The van der Waals surface area contributed by atoms with Gasteiger partial charge in [0.15, 0.2) is 0 Å². The zero-order valence-corrected chi connectivity index (χ0v) is 13.8. The fourth-order valence-electron chi connectivity index (χ4n) is 3.04. The van der Waals surface area contributed by atoms with Gasteiger partial charge in [-0.05, 0) is 43.7 Å². The van der Waals surface area contributed by atoms with E-state index in [1.54, 1.807) is 13.0 Å². The Labute approximate surface area is 133 Å². The molecule has 1 aromatic carbocycles. The van der Waals surface area contributed by atoms with Crippen LogP contribution in [0.5, 0.6) is 0 Å². The summed E-state index contributed by atoms with van der Waals surface area (Å²) >= 11 is 0. The predicted molar refractivity (Wildman–Crippen MR) is 94.1 cm³/mol. The molecular formula is C21H25F. The Morgan fingerprint density at radius 1 is 1.36 bits per heavy atom. The van der Waals surface area contributed by atoms with E-state index in [1.807, 2.05) is 37.3 Å². The Morgan fingerprint density at radius 3 is 2.64 bits per heavy atom. The zero-order valence-electron chi connectivity index (χ0n) is 13.8. The van der Waals surface area contributed by atoms with Crippen molar-refractivity contribution >= 4 is 5.57 Å². The summed E-state index contributed by atoms with van der Waals surface area (Å²) in [7, 11) is 0. The van der Waals surface area contributed by atoms with Gasteiger partial charge in [-0.15, -0.1) is 0 Å². The topological polar surface area (TPSA) is 0 Å². The number of hydrogen-bond donors (Lipinski definition) is 0. The van der Waals surface area contributed by atoms with Crippen LogP contribution in [0.4, 0.5) is 4.39 Å². The van der Waals surface area contributed by atoms with E-state index in [2.05, 4.69) is 31.7 Å². The Kier molecular flexibility index (Phi) is 5.18. The minimum absolute atomic E-state index is 0.107. The highest BCUT2D eigenvalue weighted by atomic mass is 19.1. The Hall–Kier alpha value is -1.89. The second kappa shape index (κ2) is 6.91. The summed E-state index contributed by atoms with van der Waals surface area (Å²) in [5, 5.41) is 0. The first kappa shape index (κ1) is 16.5. The van der Waals surface area contributed by atoms with E-state index >= 15 is 0 Å². The monoisotopic (exact) mass is 296 g/mol. The predicted octanol–water partition coefficient (Wildman–Crippen LogP) is 6.49. The molecule has 0 fully saturated rings. The molecule has 0 amide bonds. The lowest BCUT2D eigenvalue weighted by atomic mass is 9.71. The molecule has 116 valence electrons. The highest BCUT2D eigenvalue weighted by Crippen LogP contribution is 2.47. The van der Waals surface area contributed by atoms with Crippen molar-refractivity contribution in [3.05, 3.63) is 78.2 Å². The van der Waals surface area contributed by atoms with Gasteiger partial charge in [0.25, 0.3) is 0 Å². The minimum Gasteiger partial charge on any atom is -0.211 e. The van der Waals surface area contributed by atoms with E-state index in [0.29, 0.717) is 12.3 Å². The number of allylic oxidation sites excluding steroid dienone is 7. The van der Waals surface area contributed by atoms with Crippen LogP contribution >= 0.6 is 0 Å². The third-order valence-electron chi connectivity index (χ3n) is 4.70. The van der Waals surface area contributed by atoms with Crippen LogP contribution in [0.3, 0.4) is 0 Å². The van der Waals surface area contributed by atoms with Gasteiger partial charge in [0.05, 0.1) is 0 Å². The fourth-order valence-corrected chi connectivity index (χ4v) is 3.04. The summed E-state index contributed by atoms with van der Waals surface area (Å²) in [6.07, 6.45) is 9.64. The first-order valence-electron chi connectivity index (χ1n) is 7.91. The van der Waals surface area contributed by atoms with Crippen molar-refractivity contribution < 1.29 is 4.39 Å². The van der Waals surface area contributed by atoms with Crippen molar-refractivity contribution in [2.24, 2.45) is 11.3 Å². The molecule has 1 aliphatic rings. The van der Waals surface area contributed by atoms with Crippen LogP contribution in [0, 0.1) is 11.3 Å². The number of halogens is 1. The number of rotatable bonds is 5. The van der Waals surface area contributed by atoms with E-state index in [9.17, 15) is 4.39 Å². The summed E-state index contributed by atoms with van der Waals surface area (Å²) in [6, 6.07) is 9.92. The van der Waals surface area contributed by atoms with E-state index in [1.165, 1.54) is 5.57 Å². The summed E-state index contributed by atoms with van der Waals surface area (Å²) in [4.78, 5) is 0. The molecule has 0 bridgehead atoms. The standard InChI is InChI=1S/C21H25F/c1-5-20(22)21(4,15-19-14-10-9-11-16(19)2)17(3)18-12-7-6-8-13-18/h5-10,12-14,16H,3,11,15H2,1-2,4H3. The van der Waals surface area contributed by atoms with Gasteiger partial charge < -0.3 is 0 Å². The maximum Gasteiger partial charge on any atom is 0.106 e. The molecule has 0 saturated heterocycles. The van der Waals surface area contributed by atoms with Crippen LogP contribution in [0.15, 0.2) is 72.6 Å². The number of hydrogen-bond acceptors (Lipinski definition) is 0. The van der Waals surface area contributed by atoms with Crippen LogP contribution in [-0.2, 0) is 0 Å². The molecule has 0 N–H and O–H groups in total. The maximum atomic E-state index is 14.8.